The topological polar surface area (TPSA) is 128 Å². The molecule has 1 saturated carbocycles. The third-order valence-electron chi connectivity index (χ3n) is 5.60. The molecule has 1 unspecified atom stereocenters. The standard InChI is InChI=1S/C22H23N3O6S/c1-22(21(27)24-28,32(2,29)30)9-10-25-13-18-11-16(7-8-20(18)23-25)5-3-4-6-17-12-19(17)14-31-15-26/h7-8,11,13,15,17,19,28H,9-10,12,14H2,1-2H3,(H,24,27)/t17?,19-,22-/m1/s1. The number of carbonyl (C=O) groups excluding carboxylic acids is 2. The lowest BCUT2D eigenvalue weighted by Gasteiger charge is -2.24. The average molecular weight is 458 g/mol. The summed E-state index contributed by atoms with van der Waals surface area (Å²) in [5, 5.41) is 14.1. The first kappa shape index (κ1) is 23.3. The van der Waals surface area contributed by atoms with E-state index < -0.39 is 20.5 Å². The summed E-state index contributed by atoms with van der Waals surface area (Å²) >= 11 is 0. The molecule has 0 radical (unpaired) electrons. The minimum Gasteiger partial charge on any atom is -0.468 e. The summed E-state index contributed by atoms with van der Waals surface area (Å²) in [5.74, 6) is 11.2. The van der Waals surface area contributed by atoms with Gasteiger partial charge in [-0.05, 0) is 49.8 Å². The van der Waals surface area contributed by atoms with E-state index in [1.54, 1.807) is 16.9 Å². The zero-order chi connectivity index (χ0) is 23.4. The Labute approximate surface area is 186 Å². The van der Waals surface area contributed by atoms with Crippen molar-refractivity contribution in [3.63, 3.8) is 0 Å². The van der Waals surface area contributed by atoms with Crippen LogP contribution in [0.15, 0.2) is 24.4 Å². The fourth-order valence-electron chi connectivity index (χ4n) is 3.19. The second-order valence-electron chi connectivity index (χ2n) is 7.91. The minimum absolute atomic E-state index is 0.0610. The number of carbonyl (C=O) groups is 2. The second-order valence-corrected chi connectivity index (χ2v) is 10.4. The van der Waals surface area contributed by atoms with Gasteiger partial charge in [-0.2, -0.15) is 5.10 Å². The van der Waals surface area contributed by atoms with E-state index in [0.717, 1.165) is 23.6 Å². The molecule has 1 fully saturated rings. The average Bonchev–Trinajstić information content (AvgIpc) is 3.38. The molecule has 1 aromatic carbocycles. The monoisotopic (exact) mass is 457 g/mol. The molecule has 1 heterocycles. The Morgan fingerprint density at radius 1 is 1.44 bits per heavy atom. The van der Waals surface area contributed by atoms with Gasteiger partial charge in [0.2, 0.25) is 0 Å². The van der Waals surface area contributed by atoms with Gasteiger partial charge < -0.3 is 4.74 Å². The first-order chi connectivity index (χ1) is 15.2. The maximum atomic E-state index is 12.1. The molecule has 3 rings (SSSR count). The number of aryl methyl sites for hydroxylation is 1. The van der Waals surface area contributed by atoms with Crippen molar-refractivity contribution in [2.45, 2.75) is 31.1 Å². The van der Waals surface area contributed by atoms with E-state index in [1.807, 2.05) is 12.1 Å². The zero-order valence-corrected chi connectivity index (χ0v) is 18.5. The fourth-order valence-corrected chi connectivity index (χ4v) is 4.03. The number of hydrogen-bond donors (Lipinski definition) is 2. The number of aromatic nitrogens is 2. The van der Waals surface area contributed by atoms with E-state index in [0.29, 0.717) is 24.5 Å². The molecule has 168 valence electrons. The first-order valence-corrected chi connectivity index (χ1v) is 11.7. The van der Waals surface area contributed by atoms with Crippen molar-refractivity contribution in [1.82, 2.24) is 15.3 Å². The van der Waals surface area contributed by atoms with Crippen molar-refractivity contribution in [2.24, 2.45) is 11.8 Å². The number of rotatable bonds is 8. The summed E-state index contributed by atoms with van der Waals surface area (Å²) in [6, 6.07) is 5.46. The minimum atomic E-state index is -3.77. The van der Waals surface area contributed by atoms with Crippen LogP contribution < -0.4 is 5.48 Å². The Kier molecular flexibility index (Phi) is 6.87. The lowest BCUT2D eigenvalue weighted by molar-refractivity contribution is -0.132. The van der Waals surface area contributed by atoms with Crippen LogP contribution in [0.2, 0.25) is 0 Å². The predicted octanol–water partition coefficient (Wildman–Crippen LogP) is 0.899. The highest BCUT2D eigenvalue weighted by Gasteiger charge is 2.43. The van der Waals surface area contributed by atoms with Gasteiger partial charge in [-0.15, -0.1) is 0 Å². The number of hydrogen-bond acceptors (Lipinski definition) is 7. The van der Waals surface area contributed by atoms with E-state index in [4.69, 9.17) is 9.94 Å². The third kappa shape index (κ3) is 5.28. The molecular weight excluding hydrogens is 434 g/mol. The molecular formula is C22H23N3O6S. The Morgan fingerprint density at radius 3 is 2.91 bits per heavy atom. The molecule has 0 aliphatic heterocycles. The van der Waals surface area contributed by atoms with Crippen molar-refractivity contribution in [2.75, 3.05) is 12.9 Å². The third-order valence-corrected chi connectivity index (χ3v) is 7.62. The smallest absolute Gasteiger partial charge is 0.293 e. The molecule has 3 atom stereocenters. The fraction of sp³-hybridized carbons (Fsp3) is 0.409. The summed E-state index contributed by atoms with van der Waals surface area (Å²) in [4.78, 5) is 22.1. The summed E-state index contributed by atoms with van der Waals surface area (Å²) < 4.78 is 28.7. The number of benzene rings is 1. The van der Waals surface area contributed by atoms with Crippen LogP contribution in [0.4, 0.5) is 0 Å². The normalized spacial score (nSPS) is 19.0. The molecule has 10 heteroatoms. The van der Waals surface area contributed by atoms with Crippen molar-refractivity contribution >= 4 is 33.1 Å². The number of hydroxylamine groups is 1. The van der Waals surface area contributed by atoms with Crippen LogP contribution in [-0.2, 0) is 30.7 Å². The van der Waals surface area contributed by atoms with Gasteiger partial charge in [0, 0.05) is 41.8 Å². The summed E-state index contributed by atoms with van der Waals surface area (Å²) in [7, 11) is -3.77. The molecule has 2 aromatic rings. The molecule has 0 spiro atoms. The van der Waals surface area contributed by atoms with Crippen LogP contribution in [0.3, 0.4) is 0 Å². The Morgan fingerprint density at radius 2 is 2.22 bits per heavy atom. The van der Waals surface area contributed by atoms with Crippen LogP contribution in [0.25, 0.3) is 10.9 Å². The predicted molar refractivity (Wildman–Crippen MR) is 116 cm³/mol. The number of sulfone groups is 1. The van der Waals surface area contributed by atoms with Crippen LogP contribution in [-0.4, -0.2) is 53.4 Å². The maximum absolute atomic E-state index is 12.1. The van der Waals surface area contributed by atoms with Gasteiger partial charge in [-0.3, -0.25) is 19.5 Å². The molecule has 9 nitrogen and oxygen atoms in total. The highest BCUT2D eigenvalue weighted by atomic mass is 32.2. The second kappa shape index (κ2) is 9.43. The van der Waals surface area contributed by atoms with Crippen molar-refractivity contribution in [1.29, 1.82) is 0 Å². The molecule has 1 aliphatic rings. The lowest BCUT2D eigenvalue weighted by atomic mass is 10.1. The molecule has 0 bridgehead atoms. The van der Waals surface area contributed by atoms with E-state index in [-0.39, 0.29) is 18.9 Å². The largest absolute Gasteiger partial charge is 0.468 e. The van der Waals surface area contributed by atoms with Crippen LogP contribution in [0.5, 0.6) is 0 Å². The highest BCUT2D eigenvalue weighted by Crippen LogP contribution is 2.37. The van der Waals surface area contributed by atoms with Gasteiger partial charge in [0.25, 0.3) is 12.4 Å². The molecule has 32 heavy (non-hydrogen) atoms. The SMILES string of the molecule is C[C@@](CCn1cc2cc(C#CC#CC3C[C@@H]3COC=O)ccc2n1)(C(=O)NO)S(C)(=O)=O. The van der Waals surface area contributed by atoms with Gasteiger partial charge in [-0.25, -0.2) is 13.9 Å². The van der Waals surface area contributed by atoms with E-state index in [2.05, 4.69) is 28.8 Å². The molecule has 1 aliphatic carbocycles. The summed E-state index contributed by atoms with van der Waals surface area (Å²) in [5.41, 5.74) is 2.89. The number of nitrogens with zero attached hydrogens (tertiary/aromatic N) is 2. The highest BCUT2D eigenvalue weighted by molar-refractivity contribution is 7.92. The zero-order valence-electron chi connectivity index (χ0n) is 17.7. The van der Waals surface area contributed by atoms with Gasteiger partial charge in [-0.1, -0.05) is 11.8 Å². The van der Waals surface area contributed by atoms with Crippen LogP contribution >= 0.6 is 0 Å². The Hall–Kier alpha value is -3.34. The molecule has 1 amide bonds. The van der Waals surface area contributed by atoms with Gasteiger partial charge in [0.05, 0.1) is 12.1 Å². The van der Waals surface area contributed by atoms with E-state index >= 15 is 0 Å². The molecule has 0 saturated heterocycles. The maximum Gasteiger partial charge on any atom is 0.293 e. The van der Waals surface area contributed by atoms with Crippen LogP contribution in [0, 0.1) is 35.5 Å². The lowest BCUT2D eigenvalue weighted by Crippen LogP contribution is -2.49. The van der Waals surface area contributed by atoms with Gasteiger partial charge >= 0.3 is 0 Å². The molecule has 1 aromatic heterocycles. The molecule has 2 N–H and O–H groups in total. The Balaban J connectivity index is 1.67. The Bertz CT molecular complexity index is 1260. The van der Waals surface area contributed by atoms with Gasteiger partial charge in [0.15, 0.2) is 14.6 Å². The van der Waals surface area contributed by atoms with E-state index in [1.165, 1.54) is 12.4 Å². The number of amides is 1. The number of ether oxygens (including phenoxy) is 1. The number of fused-ring (bicyclic) bond motifs is 1. The number of nitrogens with one attached hydrogen (secondary N) is 1. The van der Waals surface area contributed by atoms with Crippen molar-refractivity contribution in [3.05, 3.63) is 30.0 Å². The van der Waals surface area contributed by atoms with Crippen LogP contribution in [0.1, 0.15) is 25.3 Å². The summed E-state index contributed by atoms with van der Waals surface area (Å²) in [6.07, 6.45) is 3.55. The van der Waals surface area contributed by atoms with Gasteiger partial charge in [0.1, 0.15) is 0 Å². The van der Waals surface area contributed by atoms with E-state index in [9.17, 15) is 18.0 Å². The van der Waals surface area contributed by atoms with Crippen molar-refractivity contribution in [3.8, 4) is 23.7 Å². The quantitative estimate of drug-likeness (QED) is 0.261. The first-order valence-electron chi connectivity index (χ1n) is 9.86. The summed E-state index contributed by atoms with van der Waals surface area (Å²) in [6.45, 7) is 2.27. The van der Waals surface area contributed by atoms with Crippen molar-refractivity contribution < 1.29 is 28.0 Å².